The molecule has 2 rings (SSSR count). The fraction of sp³-hybridized carbons (Fsp3) is 0.500. The van der Waals surface area contributed by atoms with Crippen molar-refractivity contribution in [2.75, 3.05) is 13.7 Å². The van der Waals surface area contributed by atoms with Crippen LogP contribution in [-0.2, 0) is 10.9 Å². The number of alkyl halides is 3. The van der Waals surface area contributed by atoms with Gasteiger partial charge in [-0.2, -0.15) is 13.2 Å². The van der Waals surface area contributed by atoms with Crippen molar-refractivity contribution in [1.29, 1.82) is 0 Å². The van der Waals surface area contributed by atoms with Crippen LogP contribution in [0.3, 0.4) is 0 Å². The lowest BCUT2D eigenvalue weighted by Gasteiger charge is -2.39. The van der Waals surface area contributed by atoms with Crippen molar-refractivity contribution in [3.05, 3.63) is 29.3 Å². The second kappa shape index (κ2) is 5.13. The van der Waals surface area contributed by atoms with E-state index >= 15 is 0 Å². The van der Waals surface area contributed by atoms with Gasteiger partial charge in [-0.3, -0.25) is 0 Å². The number of halogens is 3. The van der Waals surface area contributed by atoms with E-state index in [0.29, 0.717) is 5.56 Å². The quantitative estimate of drug-likeness (QED) is 0.909. The highest BCUT2D eigenvalue weighted by molar-refractivity contribution is 5.69. The van der Waals surface area contributed by atoms with Crippen molar-refractivity contribution in [2.45, 2.75) is 26.1 Å². The largest absolute Gasteiger partial charge is 0.496 e. The standard InChI is InChI=1S/C14H16F3NO3/c1-13(2)7-21-12(19)18-11(13)9-5-4-8(14(15,16)17)6-10(9)20-3/h4-6,11H,7H2,1-3H3,(H,18,19)/t11-/m0/s1. The molecule has 1 atom stereocenters. The summed E-state index contributed by atoms with van der Waals surface area (Å²) >= 11 is 0. The van der Waals surface area contributed by atoms with E-state index in [-0.39, 0.29) is 12.4 Å². The van der Waals surface area contributed by atoms with Crippen LogP contribution in [-0.4, -0.2) is 19.8 Å². The van der Waals surface area contributed by atoms with Gasteiger partial charge in [0.05, 0.1) is 18.7 Å². The van der Waals surface area contributed by atoms with Crippen LogP contribution in [0.5, 0.6) is 5.75 Å². The Morgan fingerprint density at radius 1 is 1.38 bits per heavy atom. The molecule has 0 unspecified atom stereocenters. The molecule has 1 fully saturated rings. The number of hydrogen-bond acceptors (Lipinski definition) is 3. The summed E-state index contributed by atoms with van der Waals surface area (Å²) < 4.78 is 48.2. The first kappa shape index (κ1) is 15.5. The van der Waals surface area contributed by atoms with Gasteiger partial charge in [-0.25, -0.2) is 4.79 Å². The summed E-state index contributed by atoms with van der Waals surface area (Å²) in [6.07, 6.45) is -5.04. The molecule has 1 amide bonds. The Labute approximate surface area is 120 Å². The number of amides is 1. The molecule has 1 N–H and O–H groups in total. The maximum atomic E-state index is 12.7. The van der Waals surface area contributed by atoms with Gasteiger partial charge in [0.15, 0.2) is 0 Å². The number of benzene rings is 1. The lowest BCUT2D eigenvalue weighted by atomic mass is 9.80. The molecule has 7 heteroatoms. The van der Waals surface area contributed by atoms with Crippen molar-refractivity contribution in [3.63, 3.8) is 0 Å². The summed E-state index contributed by atoms with van der Waals surface area (Å²) in [5.41, 5.74) is -0.771. The molecule has 116 valence electrons. The van der Waals surface area contributed by atoms with Gasteiger partial charge in [0, 0.05) is 11.0 Å². The average molecular weight is 303 g/mol. The molecule has 0 spiro atoms. The first-order chi connectivity index (χ1) is 9.65. The monoisotopic (exact) mass is 303 g/mol. The van der Waals surface area contributed by atoms with E-state index in [0.717, 1.165) is 12.1 Å². The maximum Gasteiger partial charge on any atom is 0.416 e. The molecule has 1 aromatic rings. The number of hydrogen-bond donors (Lipinski definition) is 1. The van der Waals surface area contributed by atoms with Crippen LogP contribution in [0, 0.1) is 5.41 Å². The first-order valence-corrected chi connectivity index (χ1v) is 6.33. The highest BCUT2D eigenvalue weighted by Crippen LogP contribution is 2.42. The average Bonchev–Trinajstić information content (AvgIpc) is 2.40. The number of alkyl carbamates (subject to hydrolysis) is 1. The fourth-order valence-electron chi connectivity index (χ4n) is 2.31. The number of carbonyl (C=O) groups excluding carboxylic acids is 1. The molecule has 4 nitrogen and oxygen atoms in total. The summed E-state index contributed by atoms with van der Waals surface area (Å²) in [5.74, 6) is 0.0881. The topological polar surface area (TPSA) is 47.6 Å². The Kier molecular flexibility index (Phi) is 3.78. The SMILES string of the molecule is COc1cc(C(F)(F)F)ccc1[C@@H]1NC(=O)OCC1(C)C. The first-order valence-electron chi connectivity index (χ1n) is 6.33. The molecule has 21 heavy (non-hydrogen) atoms. The van der Waals surface area contributed by atoms with E-state index in [9.17, 15) is 18.0 Å². The number of methoxy groups -OCH3 is 1. The minimum absolute atomic E-state index is 0.0881. The second-order valence-electron chi connectivity index (χ2n) is 5.60. The van der Waals surface area contributed by atoms with Gasteiger partial charge in [-0.1, -0.05) is 19.9 Å². The zero-order valence-electron chi connectivity index (χ0n) is 11.9. The maximum absolute atomic E-state index is 12.7. The summed E-state index contributed by atoms with van der Waals surface area (Å²) in [5, 5.41) is 2.63. The number of carbonyl (C=O) groups is 1. The van der Waals surface area contributed by atoms with Gasteiger partial charge in [0.2, 0.25) is 0 Å². The third kappa shape index (κ3) is 3.06. The van der Waals surface area contributed by atoms with Gasteiger partial charge in [-0.05, 0) is 12.1 Å². The smallest absolute Gasteiger partial charge is 0.416 e. The molecule has 0 radical (unpaired) electrons. The van der Waals surface area contributed by atoms with Crippen molar-refractivity contribution in [3.8, 4) is 5.75 Å². The zero-order valence-corrected chi connectivity index (χ0v) is 11.9. The van der Waals surface area contributed by atoms with Crippen LogP contribution in [0.1, 0.15) is 31.0 Å². The van der Waals surface area contributed by atoms with Crippen LogP contribution in [0.15, 0.2) is 18.2 Å². The number of rotatable bonds is 2. The fourth-order valence-corrected chi connectivity index (χ4v) is 2.31. The van der Waals surface area contributed by atoms with Crippen LogP contribution >= 0.6 is 0 Å². The van der Waals surface area contributed by atoms with Gasteiger partial charge >= 0.3 is 12.3 Å². The number of cyclic esters (lactones) is 1. The predicted molar refractivity (Wildman–Crippen MR) is 69.0 cm³/mol. The Morgan fingerprint density at radius 2 is 2.05 bits per heavy atom. The van der Waals surface area contributed by atoms with E-state index in [1.807, 2.05) is 13.8 Å². The van der Waals surface area contributed by atoms with Crippen LogP contribution in [0.4, 0.5) is 18.0 Å². The third-order valence-corrected chi connectivity index (χ3v) is 3.49. The normalized spacial score (nSPS) is 21.4. The predicted octanol–water partition coefficient (Wildman–Crippen LogP) is 3.52. The molecule has 1 heterocycles. The Morgan fingerprint density at radius 3 is 2.62 bits per heavy atom. The highest BCUT2D eigenvalue weighted by atomic mass is 19.4. The summed E-state index contributed by atoms with van der Waals surface area (Å²) in [6.45, 7) is 3.89. The summed E-state index contributed by atoms with van der Waals surface area (Å²) in [6, 6.07) is 2.76. The van der Waals surface area contributed by atoms with Crippen molar-refractivity contribution in [2.24, 2.45) is 5.41 Å². The Hall–Kier alpha value is -1.92. The Balaban J connectivity index is 2.45. The molecule has 0 aromatic heterocycles. The zero-order chi connectivity index (χ0) is 15.8. The van der Waals surface area contributed by atoms with Crippen molar-refractivity contribution in [1.82, 2.24) is 5.32 Å². The molecule has 1 aliphatic heterocycles. The molecule has 0 aliphatic carbocycles. The molecule has 1 aromatic carbocycles. The van der Waals surface area contributed by atoms with Crippen LogP contribution in [0.2, 0.25) is 0 Å². The molecule has 0 saturated carbocycles. The van der Waals surface area contributed by atoms with E-state index in [1.54, 1.807) is 0 Å². The van der Waals surface area contributed by atoms with Gasteiger partial charge in [0.1, 0.15) is 12.4 Å². The van der Waals surface area contributed by atoms with E-state index in [2.05, 4.69) is 5.32 Å². The van der Waals surface area contributed by atoms with Crippen molar-refractivity contribution < 1.29 is 27.4 Å². The van der Waals surface area contributed by atoms with E-state index < -0.39 is 29.3 Å². The van der Waals surface area contributed by atoms with Gasteiger partial charge < -0.3 is 14.8 Å². The molecular formula is C14H16F3NO3. The lowest BCUT2D eigenvalue weighted by Crippen LogP contribution is -2.47. The molecule has 0 bridgehead atoms. The lowest BCUT2D eigenvalue weighted by molar-refractivity contribution is -0.137. The summed E-state index contributed by atoms with van der Waals surface area (Å²) in [7, 11) is 1.30. The number of ether oxygens (including phenoxy) is 2. The van der Waals surface area contributed by atoms with E-state index in [4.69, 9.17) is 9.47 Å². The summed E-state index contributed by atoms with van der Waals surface area (Å²) in [4.78, 5) is 11.4. The van der Waals surface area contributed by atoms with Gasteiger partial charge in [0.25, 0.3) is 0 Å². The minimum atomic E-state index is -4.44. The molecular weight excluding hydrogens is 287 g/mol. The molecule has 1 saturated heterocycles. The third-order valence-electron chi connectivity index (χ3n) is 3.49. The molecule has 1 aliphatic rings. The second-order valence-corrected chi connectivity index (χ2v) is 5.60. The van der Waals surface area contributed by atoms with Crippen LogP contribution in [0.25, 0.3) is 0 Å². The van der Waals surface area contributed by atoms with Crippen molar-refractivity contribution >= 4 is 6.09 Å². The minimum Gasteiger partial charge on any atom is -0.496 e. The highest BCUT2D eigenvalue weighted by Gasteiger charge is 2.40. The Bertz CT molecular complexity index is 555. The van der Waals surface area contributed by atoms with E-state index in [1.165, 1.54) is 13.2 Å². The van der Waals surface area contributed by atoms with Gasteiger partial charge in [-0.15, -0.1) is 0 Å². The van der Waals surface area contributed by atoms with Crippen LogP contribution < -0.4 is 10.1 Å². The number of nitrogens with one attached hydrogen (secondary N) is 1.